The van der Waals surface area contributed by atoms with Gasteiger partial charge in [-0.1, -0.05) is 42.8 Å². The van der Waals surface area contributed by atoms with Crippen molar-refractivity contribution in [1.82, 2.24) is 9.55 Å². The number of hydrogen-bond acceptors (Lipinski definition) is 2. The molecule has 0 saturated heterocycles. The first kappa shape index (κ1) is 15.6. The van der Waals surface area contributed by atoms with Gasteiger partial charge in [-0.2, -0.15) is 5.26 Å². The summed E-state index contributed by atoms with van der Waals surface area (Å²) in [6, 6.07) is 15.0. The monoisotopic (exact) mass is 331 g/mol. The van der Waals surface area contributed by atoms with Crippen molar-refractivity contribution in [2.75, 3.05) is 0 Å². The predicted octanol–water partition coefficient (Wildman–Crippen LogP) is 4.88. The summed E-state index contributed by atoms with van der Waals surface area (Å²) in [5.74, 6) is -0.433. The topological polar surface area (TPSA) is 41.6 Å². The molecule has 3 aromatic rings. The molecule has 4 rings (SSSR count). The molecule has 0 amide bonds. The Balaban J connectivity index is 1.95. The van der Waals surface area contributed by atoms with Gasteiger partial charge >= 0.3 is 0 Å². The minimum Gasteiger partial charge on any atom is -0.327 e. The largest absolute Gasteiger partial charge is 0.327 e. The number of nitriles is 1. The van der Waals surface area contributed by atoms with Crippen molar-refractivity contribution < 1.29 is 4.39 Å². The zero-order valence-electron chi connectivity index (χ0n) is 13.8. The van der Waals surface area contributed by atoms with Gasteiger partial charge in [0.2, 0.25) is 0 Å². The molecule has 0 bridgehead atoms. The lowest BCUT2D eigenvalue weighted by Crippen LogP contribution is -2.13. The van der Waals surface area contributed by atoms with E-state index in [4.69, 9.17) is 0 Å². The van der Waals surface area contributed by atoms with Gasteiger partial charge in [0, 0.05) is 17.5 Å². The highest BCUT2D eigenvalue weighted by Crippen LogP contribution is 2.38. The van der Waals surface area contributed by atoms with Crippen LogP contribution in [0.25, 0.3) is 11.1 Å². The summed E-state index contributed by atoms with van der Waals surface area (Å²) in [5.41, 5.74) is 3.53. The van der Waals surface area contributed by atoms with E-state index in [1.807, 2.05) is 55.0 Å². The minimum atomic E-state index is -0.433. The molecule has 1 aliphatic rings. The number of halogens is 1. The summed E-state index contributed by atoms with van der Waals surface area (Å²) in [6.45, 7) is 0. The average molecular weight is 331 g/mol. The van der Waals surface area contributed by atoms with Crippen molar-refractivity contribution in [3.8, 4) is 17.2 Å². The van der Waals surface area contributed by atoms with E-state index in [-0.39, 0.29) is 11.6 Å². The summed E-state index contributed by atoms with van der Waals surface area (Å²) < 4.78 is 17.3. The third-order valence-electron chi connectivity index (χ3n) is 4.96. The van der Waals surface area contributed by atoms with E-state index in [0.29, 0.717) is 5.56 Å². The van der Waals surface area contributed by atoms with Crippen LogP contribution in [-0.2, 0) is 6.42 Å². The van der Waals surface area contributed by atoms with Crippen LogP contribution < -0.4 is 0 Å². The Kier molecular flexibility index (Phi) is 4.07. The summed E-state index contributed by atoms with van der Waals surface area (Å²) >= 11 is 0. The molecule has 0 aliphatic carbocycles. The second kappa shape index (κ2) is 6.52. The van der Waals surface area contributed by atoms with Gasteiger partial charge in [0.1, 0.15) is 11.9 Å². The number of aryl methyl sites for hydroxylation is 1. The molecule has 124 valence electrons. The molecular weight excluding hydrogens is 313 g/mol. The van der Waals surface area contributed by atoms with Gasteiger partial charge in [0.15, 0.2) is 0 Å². The molecule has 2 aromatic carbocycles. The van der Waals surface area contributed by atoms with E-state index in [9.17, 15) is 5.26 Å². The number of fused-ring (bicyclic) bond motifs is 1. The van der Waals surface area contributed by atoms with Crippen molar-refractivity contribution in [2.24, 2.45) is 0 Å². The summed E-state index contributed by atoms with van der Waals surface area (Å²) in [5, 5.41) is 9.26. The van der Waals surface area contributed by atoms with E-state index in [1.165, 1.54) is 5.69 Å². The molecule has 2 heterocycles. The van der Waals surface area contributed by atoms with Gasteiger partial charge in [-0.25, -0.2) is 9.37 Å². The van der Waals surface area contributed by atoms with E-state index >= 15 is 4.39 Å². The fourth-order valence-electron chi connectivity index (χ4n) is 3.75. The lowest BCUT2D eigenvalue weighted by atomic mass is 9.90. The first-order valence-corrected chi connectivity index (χ1v) is 8.58. The number of rotatable bonds is 2. The van der Waals surface area contributed by atoms with Crippen molar-refractivity contribution in [1.29, 1.82) is 5.26 Å². The van der Waals surface area contributed by atoms with Gasteiger partial charge in [-0.15, -0.1) is 0 Å². The lowest BCUT2D eigenvalue weighted by molar-refractivity contribution is 0.531. The van der Waals surface area contributed by atoms with E-state index < -0.39 is 5.82 Å². The minimum absolute atomic E-state index is 0.0393. The molecule has 0 fully saturated rings. The molecular formula is C21H18FN3. The standard InChI is InChI=1S/C21H18FN3/c22-21-16(12-23)10-11-18(20(21)15-6-2-1-3-7-15)19-9-5-4-8-17-13-24-14-25(17)19/h1-3,6-7,10-11,13-14,19H,4-5,8-9H2. The Morgan fingerprint density at radius 2 is 1.96 bits per heavy atom. The SMILES string of the molecule is N#Cc1ccc(C2CCCCc3cncn32)c(-c2ccccc2)c1F. The highest BCUT2D eigenvalue weighted by Gasteiger charge is 2.25. The van der Waals surface area contributed by atoms with Crippen LogP contribution in [0.2, 0.25) is 0 Å². The molecule has 1 aromatic heterocycles. The average Bonchev–Trinajstić information content (AvgIpc) is 3.02. The van der Waals surface area contributed by atoms with Crippen molar-refractivity contribution in [3.63, 3.8) is 0 Å². The number of nitrogens with zero attached hydrogens (tertiary/aromatic N) is 3. The highest BCUT2D eigenvalue weighted by atomic mass is 19.1. The van der Waals surface area contributed by atoms with Crippen molar-refractivity contribution in [2.45, 2.75) is 31.7 Å². The molecule has 0 radical (unpaired) electrons. The van der Waals surface area contributed by atoms with Crippen molar-refractivity contribution >= 4 is 0 Å². The van der Waals surface area contributed by atoms with Gasteiger partial charge in [0.05, 0.1) is 17.9 Å². The molecule has 0 saturated carbocycles. The maximum absolute atomic E-state index is 15.1. The zero-order chi connectivity index (χ0) is 17.2. The van der Waals surface area contributed by atoms with Crippen LogP contribution in [0.5, 0.6) is 0 Å². The number of aromatic nitrogens is 2. The second-order valence-corrected chi connectivity index (χ2v) is 6.42. The Morgan fingerprint density at radius 3 is 2.76 bits per heavy atom. The smallest absolute Gasteiger partial charge is 0.149 e. The molecule has 0 spiro atoms. The first-order valence-electron chi connectivity index (χ1n) is 8.58. The summed E-state index contributed by atoms with van der Waals surface area (Å²) in [6.07, 6.45) is 7.88. The van der Waals surface area contributed by atoms with Gasteiger partial charge in [-0.3, -0.25) is 0 Å². The van der Waals surface area contributed by atoms with Crippen LogP contribution in [0.15, 0.2) is 55.0 Å². The molecule has 4 heteroatoms. The molecule has 1 atom stereocenters. The van der Waals surface area contributed by atoms with Gasteiger partial charge < -0.3 is 4.57 Å². The second-order valence-electron chi connectivity index (χ2n) is 6.42. The molecule has 3 nitrogen and oxygen atoms in total. The fourth-order valence-corrected chi connectivity index (χ4v) is 3.75. The Bertz CT molecular complexity index is 938. The normalized spacial score (nSPS) is 16.7. The quantitative estimate of drug-likeness (QED) is 0.672. The molecule has 1 unspecified atom stereocenters. The van der Waals surface area contributed by atoms with Crippen LogP contribution in [0.1, 0.15) is 42.1 Å². The highest BCUT2D eigenvalue weighted by molar-refractivity contribution is 5.70. The van der Waals surface area contributed by atoms with Crippen molar-refractivity contribution in [3.05, 3.63) is 77.6 Å². The van der Waals surface area contributed by atoms with Crippen LogP contribution in [0.3, 0.4) is 0 Å². The number of benzene rings is 2. The third-order valence-corrected chi connectivity index (χ3v) is 4.96. The maximum Gasteiger partial charge on any atom is 0.149 e. The Hall–Kier alpha value is -2.93. The summed E-state index contributed by atoms with van der Waals surface area (Å²) in [7, 11) is 0. The van der Waals surface area contributed by atoms with Gasteiger partial charge in [-0.05, 0) is 36.5 Å². The molecule has 25 heavy (non-hydrogen) atoms. The summed E-state index contributed by atoms with van der Waals surface area (Å²) in [4.78, 5) is 4.30. The van der Waals surface area contributed by atoms with Crippen LogP contribution >= 0.6 is 0 Å². The van der Waals surface area contributed by atoms with Gasteiger partial charge in [0.25, 0.3) is 0 Å². The molecule has 0 N–H and O–H groups in total. The maximum atomic E-state index is 15.1. The van der Waals surface area contributed by atoms with Crippen LogP contribution in [-0.4, -0.2) is 9.55 Å². The fraction of sp³-hybridized carbons (Fsp3) is 0.238. The Labute approximate surface area is 146 Å². The number of imidazole rings is 1. The van der Waals surface area contributed by atoms with E-state index in [0.717, 1.165) is 36.8 Å². The lowest BCUT2D eigenvalue weighted by Gasteiger charge is -2.23. The van der Waals surface area contributed by atoms with Crippen LogP contribution in [0.4, 0.5) is 4.39 Å². The predicted molar refractivity (Wildman–Crippen MR) is 94.5 cm³/mol. The first-order chi connectivity index (χ1) is 12.3. The van der Waals surface area contributed by atoms with E-state index in [1.54, 1.807) is 6.07 Å². The molecule has 1 aliphatic heterocycles. The number of hydrogen-bond donors (Lipinski definition) is 0. The van der Waals surface area contributed by atoms with E-state index in [2.05, 4.69) is 9.55 Å². The third kappa shape index (κ3) is 2.72. The Morgan fingerprint density at radius 1 is 1.12 bits per heavy atom. The van der Waals surface area contributed by atoms with Crippen LogP contribution in [0, 0.1) is 17.1 Å². The zero-order valence-corrected chi connectivity index (χ0v) is 13.8.